The van der Waals surface area contributed by atoms with E-state index in [0.717, 1.165) is 25.7 Å². The summed E-state index contributed by atoms with van der Waals surface area (Å²) in [7, 11) is 1.44. The van der Waals surface area contributed by atoms with Gasteiger partial charge in [-0.2, -0.15) is 0 Å². The maximum absolute atomic E-state index is 11.5. The molecular formula is C11H15N3O3. The molecule has 0 radical (unpaired) electrons. The summed E-state index contributed by atoms with van der Waals surface area (Å²) in [5.74, 6) is 0.733. The predicted octanol–water partition coefficient (Wildman–Crippen LogP) is 0.194. The van der Waals surface area contributed by atoms with Gasteiger partial charge in [0.05, 0.1) is 13.4 Å². The smallest absolute Gasteiger partial charge is 0.295 e. The zero-order chi connectivity index (χ0) is 12.3. The van der Waals surface area contributed by atoms with Crippen LogP contribution >= 0.6 is 0 Å². The van der Waals surface area contributed by atoms with Crippen LogP contribution < -0.4 is 15.2 Å². The van der Waals surface area contributed by atoms with Crippen molar-refractivity contribution in [1.29, 1.82) is 0 Å². The fourth-order valence-corrected chi connectivity index (χ4v) is 2.10. The van der Waals surface area contributed by atoms with Crippen LogP contribution in [0.4, 0.5) is 5.82 Å². The summed E-state index contributed by atoms with van der Waals surface area (Å²) in [6.07, 6.45) is 4.13. The summed E-state index contributed by atoms with van der Waals surface area (Å²) < 4.78 is 5.06. The van der Waals surface area contributed by atoms with Crippen LogP contribution in [0.2, 0.25) is 0 Å². The van der Waals surface area contributed by atoms with Crippen molar-refractivity contribution in [3.8, 4) is 5.75 Å². The second-order valence-electron chi connectivity index (χ2n) is 4.07. The van der Waals surface area contributed by atoms with E-state index in [0.29, 0.717) is 12.4 Å². The Bertz CT molecular complexity index is 458. The minimum atomic E-state index is -0.300. The molecule has 2 heterocycles. The summed E-state index contributed by atoms with van der Waals surface area (Å²) >= 11 is 0. The molecule has 1 unspecified atom stereocenters. The number of nitrogens with zero attached hydrogens (tertiary/aromatic N) is 2. The summed E-state index contributed by atoms with van der Waals surface area (Å²) in [5.41, 5.74) is -0.300. The highest BCUT2D eigenvalue weighted by Gasteiger charge is 2.23. The summed E-state index contributed by atoms with van der Waals surface area (Å²) in [6.45, 7) is 1.38. The molecule has 1 N–H and O–H groups in total. The SMILES string of the molecule is COc1c(N2CCCC(C=O)C2)nc[nH]c1=O. The Hall–Kier alpha value is -1.85. The highest BCUT2D eigenvalue weighted by molar-refractivity contribution is 5.58. The van der Waals surface area contributed by atoms with Crippen LogP contribution in [-0.4, -0.2) is 36.5 Å². The van der Waals surface area contributed by atoms with Crippen LogP contribution in [0.5, 0.6) is 5.75 Å². The van der Waals surface area contributed by atoms with E-state index in [2.05, 4.69) is 9.97 Å². The molecule has 1 aromatic heterocycles. The molecule has 1 fully saturated rings. The number of aldehydes is 1. The number of hydrogen-bond acceptors (Lipinski definition) is 5. The summed E-state index contributed by atoms with van der Waals surface area (Å²) in [6, 6.07) is 0. The van der Waals surface area contributed by atoms with E-state index in [1.807, 2.05) is 4.90 Å². The molecule has 92 valence electrons. The van der Waals surface area contributed by atoms with Crippen LogP contribution in [-0.2, 0) is 4.79 Å². The van der Waals surface area contributed by atoms with Gasteiger partial charge in [0.25, 0.3) is 5.56 Å². The van der Waals surface area contributed by atoms with Gasteiger partial charge in [-0.1, -0.05) is 0 Å². The second kappa shape index (κ2) is 4.99. The molecule has 0 spiro atoms. The van der Waals surface area contributed by atoms with E-state index in [1.54, 1.807) is 0 Å². The average molecular weight is 237 g/mol. The number of H-pyrrole nitrogens is 1. The molecule has 17 heavy (non-hydrogen) atoms. The van der Waals surface area contributed by atoms with Gasteiger partial charge in [-0.25, -0.2) is 4.98 Å². The molecule has 1 atom stereocenters. The Labute approximate surface area is 98.6 Å². The number of ether oxygens (including phenoxy) is 1. The molecule has 0 bridgehead atoms. The fraction of sp³-hybridized carbons (Fsp3) is 0.545. The molecule has 1 saturated heterocycles. The largest absolute Gasteiger partial charge is 0.489 e. The highest BCUT2D eigenvalue weighted by Crippen LogP contribution is 2.25. The molecule has 6 heteroatoms. The summed E-state index contributed by atoms with van der Waals surface area (Å²) in [4.78, 5) is 30.9. The van der Waals surface area contributed by atoms with Crippen LogP contribution in [0.1, 0.15) is 12.8 Å². The minimum Gasteiger partial charge on any atom is -0.489 e. The second-order valence-corrected chi connectivity index (χ2v) is 4.07. The zero-order valence-electron chi connectivity index (χ0n) is 9.68. The fourth-order valence-electron chi connectivity index (χ4n) is 2.10. The van der Waals surface area contributed by atoms with Gasteiger partial charge < -0.3 is 19.4 Å². The van der Waals surface area contributed by atoms with Crippen LogP contribution in [0.3, 0.4) is 0 Å². The van der Waals surface area contributed by atoms with Crippen LogP contribution in [0.25, 0.3) is 0 Å². The Morgan fingerprint density at radius 3 is 3.18 bits per heavy atom. The van der Waals surface area contributed by atoms with Gasteiger partial charge >= 0.3 is 0 Å². The normalized spacial score (nSPS) is 20.1. The maximum atomic E-state index is 11.5. The first-order valence-corrected chi connectivity index (χ1v) is 5.58. The molecule has 2 rings (SSSR count). The van der Waals surface area contributed by atoms with E-state index in [9.17, 15) is 9.59 Å². The van der Waals surface area contributed by atoms with Gasteiger partial charge in [0.15, 0.2) is 5.82 Å². The number of hydrogen-bond donors (Lipinski definition) is 1. The maximum Gasteiger partial charge on any atom is 0.295 e. The zero-order valence-corrected chi connectivity index (χ0v) is 9.68. The first-order valence-electron chi connectivity index (χ1n) is 5.58. The van der Waals surface area contributed by atoms with Crippen molar-refractivity contribution < 1.29 is 9.53 Å². The topological polar surface area (TPSA) is 75.3 Å². The van der Waals surface area contributed by atoms with E-state index in [1.165, 1.54) is 13.4 Å². The van der Waals surface area contributed by atoms with E-state index >= 15 is 0 Å². The average Bonchev–Trinajstić information content (AvgIpc) is 2.38. The van der Waals surface area contributed by atoms with Gasteiger partial charge in [0.1, 0.15) is 6.29 Å². The molecule has 6 nitrogen and oxygen atoms in total. The number of aromatic nitrogens is 2. The lowest BCUT2D eigenvalue weighted by Crippen LogP contribution is -2.37. The van der Waals surface area contributed by atoms with E-state index in [-0.39, 0.29) is 17.2 Å². The van der Waals surface area contributed by atoms with Crippen LogP contribution in [0, 0.1) is 5.92 Å². The highest BCUT2D eigenvalue weighted by atomic mass is 16.5. The standard InChI is InChI=1S/C11H15N3O3/c1-17-9-10(12-7-13-11(9)16)14-4-2-3-8(5-14)6-15/h6-8H,2-5H2,1H3,(H,12,13,16). The number of methoxy groups -OCH3 is 1. The third kappa shape index (κ3) is 2.30. The van der Waals surface area contributed by atoms with Gasteiger partial charge in [-0.3, -0.25) is 4.79 Å². The number of anilines is 1. The van der Waals surface area contributed by atoms with Gasteiger partial charge in [0, 0.05) is 19.0 Å². The van der Waals surface area contributed by atoms with Gasteiger partial charge in [-0.05, 0) is 12.8 Å². The molecule has 0 saturated carbocycles. The Balaban J connectivity index is 2.30. The lowest BCUT2D eigenvalue weighted by Gasteiger charge is -2.31. The molecule has 1 aromatic rings. The number of nitrogens with one attached hydrogen (secondary N) is 1. The first-order chi connectivity index (χ1) is 8.26. The van der Waals surface area contributed by atoms with E-state index in [4.69, 9.17) is 4.74 Å². The molecule has 0 aromatic carbocycles. The Morgan fingerprint density at radius 1 is 1.65 bits per heavy atom. The van der Waals surface area contributed by atoms with Crippen molar-refractivity contribution in [2.75, 3.05) is 25.1 Å². The molecular weight excluding hydrogens is 222 g/mol. The first kappa shape index (κ1) is 11.6. The number of piperidine rings is 1. The molecule has 1 aliphatic rings. The number of carbonyl (C=O) groups excluding carboxylic acids is 1. The predicted molar refractivity (Wildman–Crippen MR) is 62.4 cm³/mol. The Morgan fingerprint density at radius 2 is 2.47 bits per heavy atom. The molecule has 1 aliphatic heterocycles. The summed E-state index contributed by atoms with van der Waals surface area (Å²) in [5, 5.41) is 0. The lowest BCUT2D eigenvalue weighted by molar-refractivity contribution is -0.111. The molecule has 0 amide bonds. The number of rotatable bonds is 3. The number of carbonyl (C=O) groups is 1. The minimum absolute atomic E-state index is 0.00884. The third-order valence-electron chi connectivity index (χ3n) is 2.95. The third-order valence-corrected chi connectivity index (χ3v) is 2.95. The monoisotopic (exact) mass is 237 g/mol. The van der Waals surface area contributed by atoms with Crippen LogP contribution in [0.15, 0.2) is 11.1 Å². The van der Waals surface area contributed by atoms with Crippen molar-refractivity contribution in [2.24, 2.45) is 5.92 Å². The van der Waals surface area contributed by atoms with Crippen molar-refractivity contribution in [1.82, 2.24) is 9.97 Å². The van der Waals surface area contributed by atoms with Gasteiger partial charge in [-0.15, -0.1) is 0 Å². The van der Waals surface area contributed by atoms with Crippen molar-refractivity contribution in [3.63, 3.8) is 0 Å². The van der Waals surface area contributed by atoms with Crippen molar-refractivity contribution >= 4 is 12.1 Å². The quantitative estimate of drug-likeness (QED) is 0.760. The van der Waals surface area contributed by atoms with Crippen molar-refractivity contribution in [2.45, 2.75) is 12.8 Å². The molecule has 0 aliphatic carbocycles. The number of aromatic amines is 1. The lowest BCUT2D eigenvalue weighted by atomic mass is 10.00. The van der Waals surface area contributed by atoms with E-state index < -0.39 is 0 Å². The van der Waals surface area contributed by atoms with Gasteiger partial charge in [0.2, 0.25) is 5.75 Å². The Kier molecular flexibility index (Phi) is 3.41. The van der Waals surface area contributed by atoms with Crippen molar-refractivity contribution in [3.05, 3.63) is 16.7 Å².